The molecular weight excluding hydrogens is 306 g/mol. The number of unbranched alkanes of at least 4 members (excludes halogenated alkanes) is 3. The van der Waals surface area contributed by atoms with Gasteiger partial charge in [-0.25, -0.2) is 5.84 Å². The van der Waals surface area contributed by atoms with Gasteiger partial charge in [0.05, 0.1) is 5.70 Å². The highest BCUT2D eigenvalue weighted by atomic mass is 15.4. The van der Waals surface area contributed by atoms with Gasteiger partial charge in [0.25, 0.3) is 0 Å². The zero-order valence-electron chi connectivity index (χ0n) is 17.0. The Hall–Kier alpha value is -0.700. The summed E-state index contributed by atoms with van der Waals surface area (Å²) in [6.45, 7) is 12.3. The Morgan fingerprint density at radius 2 is 1.72 bits per heavy atom. The molecule has 1 saturated carbocycles. The Morgan fingerprint density at radius 3 is 2.24 bits per heavy atom. The molecule has 0 spiro atoms. The highest BCUT2D eigenvalue weighted by Crippen LogP contribution is 2.44. The van der Waals surface area contributed by atoms with E-state index in [9.17, 15) is 0 Å². The van der Waals surface area contributed by atoms with Gasteiger partial charge in [-0.05, 0) is 37.0 Å². The summed E-state index contributed by atoms with van der Waals surface area (Å²) >= 11 is 0. The van der Waals surface area contributed by atoms with Crippen molar-refractivity contribution in [1.29, 1.82) is 0 Å². The van der Waals surface area contributed by atoms with Gasteiger partial charge in [0.2, 0.25) is 0 Å². The summed E-state index contributed by atoms with van der Waals surface area (Å²) in [5.41, 5.74) is 9.20. The largest absolute Gasteiger partial charge is 0.401 e. The first kappa shape index (κ1) is 24.3. The molecule has 2 rings (SSSR count). The Bertz CT molecular complexity index is 381. The molecule has 2 fully saturated rings. The minimum absolute atomic E-state index is 0. The van der Waals surface area contributed by atoms with Crippen LogP contribution in [0.3, 0.4) is 0 Å². The van der Waals surface area contributed by atoms with Crippen molar-refractivity contribution in [3.8, 4) is 0 Å². The van der Waals surface area contributed by atoms with Crippen molar-refractivity contribution in [2.45, 2.75) is 106 Å². The van der Waals surface area contributed by atoms with Crippen molar-refractivity contribution in [2.24, 2.45) is 28.8 Å². The molecule has 150 valence electrons. The average Bonchev–Trinajstić information content (AvgIpc) is 3.11. The zero-order chi connectivity index (χ0) is 18.2. The lowest BCUT2D eigenvalue weighted by Gasteiger charge is -2.19. The van der Waals surface area contributed by atoms with E-state index in [4.69, 9.17) is 11.6 Å². The number of hydrogen-bond acceptors (Lipinski definition) is 3. The highest BCUT2D eigenvalue weighted by molar-refractivity contribution is 5.19. The van der Waals surface area contributed by atoms with E-state index in [1.165, 1.54) is 63.5 Å². The van der Waals surface area contributed by atoms with E-state index in [1.54, 1.807) is 0 Å². The maximum Gasteiger partial charge on any atom is 0.0512 e. The number of rotatable bonds is 7. The van der Waals surface area contributed by atoms with Crippen LogP contribution in [0.5, 0.6) is 0 Å². The lowest BCUT2D eigenvalue weighted by Crippen LogP contribution is -2.29. The van der Waals surface area contributed by atoms with Crippen LogP contribution in [0.1, 0.15) is 106 Å². The Kier molecular flexibility index (Phi) is 11.5. The van der Waals surface area contributed by atoms with E-state index in [0.717, 1.165) is 24.6 Å². The number of allylic oxidation sites excluding steroid dienone is 2. The van der Waals surface area contributed by atoms with Gasteiger partial charge in [0, 0.05) is 18.2 Å². The van der Waals surface area contributed by atoms with Crippen molar-refractivity contribution in [3.05, 3.63) is 11.4 Å². The number of hydrazine groups is 1. The van der Waals surface area contributed by atoms with E-state index < -0.39 is 0 Å². The predicted molar refractivity (Wildman–Crippen MR) is 113 cm³/mol. The molecule has 2 unspecified atom stereocenters. The summed E-state index contributed by atoms with van der Waals surface area (Å²) in [5.74, 6) is 7.55. The summed E-state index contributed by atoms with van der Waals surface area (Å²) < 4.78 is 0. The number of hydrogen-bond donors (Lipinski definition) is 2. The first-order valence-corrected chi connectivity index (χ1v) is 10.4. The van der Waals surface area contributed by atoms with Crippen LogP contribution in [0.15, 0.2) is 11.4 Å². The third-order valence-corrected chi connectivity index (χ3v) is 6.29. The molecule has 1 aliphatic heterocycles. The molecule has 3 nitrogen and oxygen atoms in total. The molecule has 0 bridgehead atoms. The number of fused-ring (bicyclic) bond motifs is 1. The molecule has 0 radical (unpaired) electrons. The van der Waals surface area contributed by atoms with Crippen LogP contribution in [-0.4, -0.2) is 11.6 Å². The van der Waals surface area contributed by atoms with Gasteiger partial charge in [-0.15, -0.1) is 0 Å². The van der Waals surface area contributed by atoms with E-state index in [0.29, 0.717) is 11.3 Å². The molecule has 0 amide bonds. The van der Waals surface area contributed by atoms with Gasteiger partial charge in [-0.2, -0.15) is 0 Å². The maximum atomic E-state index is 6.27. The first-order valence-electron chi connectivity index (χ1n) is 10.4. The fourth-order valence-electron chi connectivity index (χ4n) is 3.72. The van der Waals surface area contributed by atoms with Crippen LogP contribution < -0.4 is 11.6 Å². The predicted octanol–water partition coefficient (Wildman–Crippen LogP) is 6.20. The normalized spacial score (nSPS) is 24.3. The van der Waals surface area contributed by atoms with Crippen molar-refractivity contribution in [2.75, 3.05) is 6.54 Å². The van der Waals surface area contributed by atoms with Gasteiger partial charge in [0.15, 0.2) is 0 Å². The summed E-state index contributed by atoms with van der Waals surface area (Å²) in [6, 6.07) is 0. The van der Waals surface area contributed by atoms with Crippen LogP contribution in [0, 0.1) is 17.3 Å². The third kappa shape index (κ3) is 7.60. The lowest BCUT2D eigenvalue weighted by atomic mass is 9.88. The molecule has 3 heteroatoms. The van der Waals surface area contributed by atoms with E-state index in [-0.39, 0.29) is 7.43 Å². The quantitative estimate of drug-likeness (QED) is 0.423. The van der Waals surface area contributed by atoms with E-state index >= 15 is 0 Å². The van der Waals surface area contributed by atoms with Gasteiger partial charge < -0.3 is 10.7 Å². The van der Waals surface area contributed by atoms with Crippen LogP contribution in [-0.2, 0) is 0 Å². The van der Waals surface area contributed by atoms with Crippen LogP contribution in [0.25, 0.3) is 0 Å². The van der Waals surface area contributed by atoms with E-state index in [1.807, 2.05) is 5.01 Å². The molecule has 4 N–H and O–H groups in total. The number of nitrogens with two attached hydrogens (primary N) is 2. The second kappa shape index (κ2) is 11.8. The van der Waals surface area contributed by atoms with Gasteiger partial charge in [0.1, 0.15) is 0 Å². The highest BCUT2D eigenvalue weighted by Gasteiger charge is 2.40. The smallest absolute Gasteiger partial charge is 0.0512 e. The minimum Gasteiger partial charge on any atom is -0.401 e. The second-order valence-electron chi connectivity index (χ2n) is 8.54. The maximum absolute atomic E-state index is 6.27. The summed E-state index contributed by atoms with van der Waals surface area (Å²) in [6.07, 6.45) is 12.7. The molecule has 0 aromatic heterocycles. The fraction of sp³-hybridized carbons (Fsp3) is 0.909. The Balaban J connectivity index is 0.000000620. The lowest BCUT2D eigenvalue weighted by molar-refractivity contribution is 0.338. The van der Waals surface area contributed by atoms with Crippen molar-refractivity contribution >= 4 is 0 Å². The van der Waals surface area contributed by atoms with Gasteiger partial charge >= 0.3 is 0 Å². The molecule has 0 aromatic rings. The second-order valence-corrected chi connectivity index (χ2v) is 8.54. The average molecular weight is 354 g/mol. The molecule has 2 atom stereocenters. The van der Waals surface area contributed by atoms with Gasteiger partial charge in [-0.3, -0.25) is 0 Å². The van der Waals surface area contributed by atoms with Crippen LogP contribution in [0.4, 0.5) is 0 Å². The zero-order valence-corrected chi connectivity index (χ0v) is 17.0. The first-order chi connectivity index (χ1) is 11.4. The molecule has 1 saturated heterocycles. The molecule has 0 aromatic carbocycles. The van der Waals surface area contributed by atoms with E-state index in [2.05, 4.69) is 34.6 Å². The van der Waals surface area contributed by atoms with Crippen molar-refractivity contribution in [3.63, 3.8) is 0 Å². The molecule has 2 aliphatic rings. The molecular formula is C22H47N3. The topological polar surface area (TPSA) is 55.3 Å². The summed E-state index contributed by atoms with van der Waals surface area (Å²) in [5, 5.41) is 1.93. The molecule has 1 aliphatic carbocycles. The number of nitrogens with zero attached hydrogens (tertiary/aromatic N) is 1. The summed E-state index contributed by atoms with van der Waals surface area (Å²) in [7, 11) is 0. The SMILES string of the molecule is C.CCC(C)(C)CC.CCCCCC/C(N)=C1\C2CCCC2CN1N. The van der Waals surface area contributed by atoms with Gasteiger partial charge in [-0.1, -0.05) is 80.6 Å². The fourth-order valence-corrected chi connectivity index (χ4v) is 3.72. The monoisotopic (exact) mass is 353 g/mol. The standard InChI is InChI=1S/C14H27N3.C7H16.CH4/c1-2-3-4-5-9-13(15)14-12-8-6-7-11(12)10-17(14)16;1-5-7(3,4)6-2;/h11-12H,2-10,15-16H2,1H3;5-6H2,1-4H3;1H4/b14-13-;;. The van der Waals surface area contributed by atoms with Crippen LogP contribution in [0.2, 0.25) is 0 Å². The minimum atomic E-state index is 0. The third-order valence-electron chi connectivity index (χ3n) is 6.29. The Labute approximate surface area is 158 Å². The van der Waals surface area contributed by atoms with Crippen molar-refractivity contribution < 1.29 is 0 Å². The Morgan fingerprint density at radius 1 is 1.08 bits per heavy atom. The molecule has 25 heavy (non-hydrogen) atoms. The summed E-state index contributed by atoms with van der Waals surface area (Å²) in [4.78, 5) is 0. The molecule has 1 heterocycles. The van der Waals surface area contributed by atoms with Crippen LogP contribution >= 0.6 is 0 Å². The van der Waals surface area contributed by atoms with Crippen molar-refractivity contribution in [1.82, 2.24) is 5.01 Å².